The number of Topliss-reactive ketones (excluding diaryl/α,β-unsaturated/α-hetero) is 1. The molecule has 3 atom stereocenters. The standard InChI is InChI=1S/C11H20N2O3/c1-6(2)10(15)8(5-12)13-9(14)4-7(3)11(13)16/h6-9,14H,4-5,12H2,1-3H3/t7?,8-,9?/m0/s1. The van der Waals surface area contributed by atoms with Gasteiger partial charge in [0, 0.05) is 24.8 Å². The highest BCUT2D eigenvalue weighted by Crippen LogP contribution is 2.25. The molecule has 1 saturated heterocycles. The highest BCUT2D eigenvalue weighted by atomic mass is 16.3. The van der Waals surface area contributed by atoms with Gasteiger partial charge in [0.15, 0.2) is 5.78 Å². The van der Waals surface area contributed by atoms with E-state index in [0.717, 1.165) is 0 Å². The molecule has 1 amide bonds. The van der Waals surface area contributed by atoms with Crippen molar-refractivity contribution in [3.63, 3.8) is 0 Å². The number of carbonyl (C=O) groups excluding carboxylic acids is 2. The van der Waals surface area contributed by atoms with Crippen molar-refractivity contribution >= 4 is 11.7 Å². The maximum Gasteiger partial charge on any atom is 0.228 e. The van der Waals surface area contributed by atoms with Crippen LogP contribution in [0.4, 0.5) is 0 Å². The second-order valence-corrected chi connectivity index (χ2v) is 4.67. The number of hydrogen-bond acceptors (Lipinski definition) is 4. The van der Waals surface area contributed by atoms with Crippen molar-refractivity contribution < 1.29 is 14.7 Å². The van der Waals surface area contributed by atoms with E-state index < -0.39 is 12.3 Å². The Morgan fingerprint density at radius 3 is 2.50 bits per heavy atom. The molecule has 3 N–H and O–H groups in total. The van der Waals surface area contributed by atoms with Crippen LogP contribution in [-0.4, -0.2) is 40.5 Å². The first-order valence-corrected chi connectivity index (χ1v) is 5.64. The van der Waals surface area contributed by atoms with Crippen molar-refractivity contribution in [1.29, 1.82) is 0 Å². The number of amides is 1. The van der Waals surface area contributed by atoms with Gasteiger partial charge in [0.1, 0.15) is 12.3 Å². The van der Waals surface area contributed by atoms with E-state index in [4.69, 9.17) is 5.73 Å². The molecule has 0 aromatic heterocycles. The van der Waals surface area contributed by atoms with E-state index in [0.29, 0.717) is 6.42 Å². The molecule has 0 bridgehead atoms. The monoisotopic (exact) mass is 228 g/mol. The highest BCUT2D eigenvalue weighted by molar-refractivity contribution is 5.92. The number of aliphatic hydroxyl groups excluding tert-OH is 1. The lowest BCUT2D eigenvalue weighted by molar-refractivity contribution is -0.145. The molecule has 0 radical (unpaired) electrons. The quantitative estimate of drug-likeness (QED) is 0.693. The lowest BCUT2D eigenvalue weighted by Crippen LogP contribution is -2.52. The molecule has 1 aliphatic rings. The van der Waals surface area contributed by atoms with Gasteiger partial charge in [-0.3, -0.25) is 9.59 Å². The summed E-state index contributed by atoms with van der Waals surface area (Å²) in [5.41, 5.74) is 5.54. The average Bonchev–Trinajstić information content (AvgIpc) is 2.45. The fourth-order valence-corrected chi connectivity index (χ4v) is 2.04. The molecule has 1 aliphatic heterocycles. The molecule has 0 aromatic carbocycles. The molecule has 0 aliphatic carbocycles. The van der Waals surface area contributed by atoms with Crippen LogP contribution in [0.2, 0.25) is 0 Å². The summed E-state index contributed by atoms with van der Waals surface area (Å²) in [5, 5.41) is 9.76. The molecular weight excluding hydrogens is 208 g/mol. The van der Waals surface area contributed by atoms with Gasteiger partial charge in [0.25, 0.3) is 0 Å². The Morgan fingerprint density at radius 2 is 2.19 bits per heavy atom. The number of nitrogens with zero attached hydrogens (tertiary/aromatic N) is 1. The number of hydrogen-bond donors (Lipinski definition) is 2. The normalized spacial score (nSPS) is 27.6. The van der Waals surface area contributed by atoms with Gasteiger partial charge in [-0.2, -0.15) is 0 Å². The maximum atomic E-state index is 11.9. The zero-order valence-corrected chi connectivity index (χ0v) is 10.0. The second kappa shape index (κ2) is 4.93. The molecule has 1 rings (SSSR count). The third kappa shape index (κ3) is 2.25. The van der Waals surface area contributed by atoms with Crippen LogP contribution in [-0.2, 0) is 9.59 Å². The SMILES string of the molecule is CC(C)C(=O)[C@H](CN)N1C(=O)C(C)CC1O. The number of rotatable bonds is 4. The van der Waals surface area contributed by atoms with Crippen LogP contribution >= 0.6 is 0 Å². The molecule has 0 aromatic rings. The first kappa shape index (κ1) is 13.1. The first-order chi connectivity index (χ1) is 7.40. The highest BCUT2D eigenvalue weighted by Gasteiger charge is 2.42. The molecule has 1 fully saturated rings. The van der Waals surface area contributed by atoms with Gasteiger partial charge in [0.05, 0.1) is 0 Å². The van der Waals surface area contributed by atoms with Crippen LogP contribution in [0.5, 0.6) is 0 Å². The van der Waals surface area contributed by atoms with Crippen LogP contribution in [0.15, 0.2) is 0 Å². The minimum atomic E-state index is -0.876. The number of aliphatic hydroxyl groups is 1. The van der Waals surface area contributed by atoms with Gasteiger partial charge in [-0.15, -0.1) is 0 Å². The smallest absolute Gasteiger partial charge is 0.228 e. The van der Waals surface area contributed by atoms with Crippen molar-refractivity contribution in [3.05, 3.63) is 0 Å². The van der Waals surface area contributed by atoms with E-state index in [9.17, 15) is 14.7 Å². The fourth-order valence-electron chi connectivity index (χ4n) is 2.04. The lowest BCUT2D eigenvalue weighted by atomic mass is 10.0. The molecule has 92 valence electrons. The van der Waals surface area contributed by atoms with Crippen molar-refractivity contribution in [3.8, 4) is 0 Å². The largest absolute Gasteiger partial charge is 0.373 e. The molecule has 5 heteroatoms. The Kier molecular flexibility index (Phi) is 4.04. The van der Waals surface area contributed by atoms with Crippen molar-refractivity contribution in [1.82, 2.24) is 4.90 Å². The van der Waals surface area contributed by atoms with E-state index in [1.165, 1.54) is 4.90 Å². The van der Waals surface area contributed by atoms with Crippen LogP contribution in [0.3, 0.4) is 0 Å². The van der Waals surface area contributed by atoms with Gasteiger partial charge < -0.3 is 15.7 Å². The first-order valence-electron chi connectivity index (χ1n) is 5.64. The molecule has 0 saturated carbocycles. The van der Waals surface area contributed by atoms with Crippen LogP contribution < -0.4 is 5.73 Å². The molecule has 16 heavy (non-hydrogen) atoms. The van der Waals surface area contributed by atoms with Crippen LogP contribution in [0.1, 0.15) is 27.2 Å². The van der Waals surface area contributed by atoms with Crippen molar-refractivity contribution in [2.75, 3.05) is 6.54 Å². The summed E-state index contributed by atoms with van der Waals surface area (Å²) in [5.74, 6) is -0.700. The number of carbonyl (C=O) groups is 2. The summed E-state index contributed by atoms with van der Waals surface area (Å²) in [6.07, 6.45) is -0.500. The molecular formula is C11H20N2O3. The van der Waals surface area contributed by atoms with Crippen molar-refractivity contribution in [2.45, 2.75) is 39.5 Å². The zero-order valence-electron chi connectivity index (χ0n) is 10.0. The topological polar surface area (TPSA) is 83.6 Å². The van der Waals surface area contributed by atoms with Crippen molar-refractivity contribution in [2.24, 2.45) is 17.6 Å². The van der Waals surface area contributed by atoms with Gasteiger partial charge in [0.2, 0.25) is 5.91 Å². The van der Waals surface area contributed by atoms with E-state index in [2.05, 4.69) is 0 Å². The second-order valence-electron chi connectivity index (χ2n) is 4.67. The summed E-state index contributed by atoms with van der Waals surface area (Å²) < 4.78 is 0. The Bertz CT molecular complexity index is 291. The van der Waals surface area contributed by atoms with E-state index >= 15 is 0 Å². The predicted octanol–water partition coefficient (Wildman–Crippen LogP) is -0.274. The van der Waals surface area contributed by atoms with Crippen LogP contribution in [0, 0.1) is 11.8 Å². The molecule has 2 unspecified atom stereocenters. The number of nitrogens with two attached hydrogens (primary N) is 1. The van der Waals surface area contributed by atoms with E-state index in [1.807, 2.05) is 0 Å². The fraction of sp³-hybridized carbons (Fsp3) is 0.818. The third-order valence-electron chi connectivity index (χ3n) is 3.02. The van der Waals surface area contributed by atoms with E-state index in [-0.39, 0.29) is 30.1 Å². The lowest BCUT2D eigenvalue weighted by Gasteiger charge is -2.29. The summed E-state index contributed by atoms with van der Waals surface area (Å²) in [6, 6.07) is -0.688. The minimum Gasteiger partial charge on any atom is -0.373 e. The van der Waals surface area contributed by atoms with Crippen LogP contribution in [0.25, 0.3) is 0 Å². The zero-order chi connectivity index (χ0) is 12.5. The maximum absolute atomic E-state index is 11.9. The Hall–Kier alpha value is -0.940. The Labute approximate surface area is 95.6 Å². The summed E-state index contributed by atoms with van der Waals surface area (Å²) in [7, 11) is 0. The number of ketones is 1. The summed E-state index contributed by atoms with van der Waals surface area (Å²) in [6.45, 7) is 5.34. The molecule has 0 spiro atoms. The van der Waals surface area contributed by atoms with Gasteiger partial charge in [-0.1, -0.05) is 20.8 Å². The Morgan fingerprint density at radius 1 is 1.62 bits per heavy atom. The minimum absolute atomic E-state index is 0.0620. The molecule has 5 nitrogen and oxygen atoms in total. The third-order valence-corrected chi connectivity index (χ3v) is 3.02. The summed E-state index contributed by atoms with van der Waals surface area (Å²) in [4.78, 5) is 24.9. The van der Waals surface area contributed by atoms with Gasteiger partial charge in [-0.25, -0.2) is 0 Å². The van der Waals surface area contributed by atoms with E-state index in [1.54, 1.807) is 20.8 Å². The summed E-state index contributed by atoms with van der Waals surface area (Å²) >= 11 is 0. The average molecular weight is 228 g/mol. The Balaban J connectivity index is 2.88. The predicted molar refractivity (Wildman–Crippen MR) is 59.3 cm³/mol. The number of likely N-dealkylation sites (tertiary alicyclic amines) is 1. The van der Waals surface area contributed by atoms with Gasteiger partial charge in [-0.05, 0) is 0 Å². The van der Waals surface area contributed by atoms with Gasteiger partial charge >= 0.3 is 0 Å². The molecule has 1 heterocycles.